The molecule has 1 atom stereocenters. The highest BCUT2D eigenvalue weighted by molar-refractivity contribution is 6.22. The summed E-state index contributed by atoms with van der Waals surface area (Å²) in [7, 11) is 0. The number of halogens is 2. The van der Waals surface area contributed by atoms with Crippen molar-refractivity contribution in [2.45, 2.75) is 5.56 Å². The minimum absolute atomic E-state index is 0.0676. The monoisotopic (exact) mass is 190 g/mol. The zero-order valence-corrected chi connectivity index (χ0v) is 6.95. The minimum atomic E-state index is -1.06. The predicted octanol–water partition coefficient (Wildman–Crippen LogP) is 0.970. The highest BCUT2D eigenvalue weighted by Crippen LogP contribution is 1.94. The van der Waals surface area contributed by atoms with Gasteiger partial charge in [0.05, 0.1) is 5.88 Å². The van der Waals surface area contributed by atoms with E-state index >= 15 is 0 Å². The summed E-state index contributed by atoms with van der Waals surface area (Å²) in [6.07, 6.45) is 4.82. The lowest BCUT2D eigenvalue weighted by Gasteiger charge is -1.98. The number of hydrogen-bond donors (Lipinski definition) is 0. The number of carbonyl (C=O) groups excluding carboxylic acids is 1. The molecule has 0 aromatic heterocycles. The van der Waals surface area contributed by atoms with Crippen LogP contribution in [0.2, 0.25) is 0 Å². The number of hydrogen-bond acceptors (Lipinski definition) is 2. The van der Waals surface area contributed by atoms with Crippen LogP contribution in [-0.2, 0) is 9.53 Å². The van der Waals surface area contributed by atoms with Crippen molar-refractivity contribution in [2.24, 2.45) is 0 Å². The largest absolute Gasteiger partial charge is 0.425 e. The first-order valence-corrected chi connectivity index (χ1v) is 3.53. The van der Waals surface area contributed by atoms with Crippen LogP contribution in [0.5, 0.6) is 0 Å². The fraction of sp³-hybridized carbons (Fsp3) is 0.286. The fourth-order valence-corrected chi connectivity index (χ4v) is 0.411. The summed E-state index contributed by atoms with van der Waals surface area (Å²) in [4.78, 5) is 10.5. The van der Waals surface area contributed by atoms with Crippen LogP contribution in [0.3, 0.4) is 0 Å². The average molecular weight is 191 g/mol. The van der Waals surface area contributed by atoms with Gasteiger partial charge in [-0.25, -0.2) is 4.79 Å². The van der Waals surface area contributed by atoms with Gasteiger partial charge in [0.2, 0.25) is 5.56 Å². The summed E-state index contributed by atoms with van der Waals surface area (Å²) in [5.74, 6) is 5.65. The molecule has 0 rings (SSSR count). The van der Waals surface area contributed by atoms with Crippen molar-refractivity contribution in [3.63, 3.8) is 0 Å². The molecule has 11 heavy (non-hydrogen) atoms. The van der Waals surface area contributed by atoms with Crippen LogP contribution in [0.1, 0.15) is 0 Å². The van der Waals surface area contributed by atoms with Crippen molar-refractivity contribution in [3.05, 3.63) is 0 Å². The molecular formula is C7H4Cl2O2. The zero-order valence-electron chi connectivity index (χ0n) is 5.43. The van der Waals surface area contributed by atoms with Gasteiger partial charge in [-0.3, -0.25) is 0 Å². The fourth-order valence-electron chi connectivity index (χ4n) is 0.263. The standard InChI is InChI=1S/C7H4Cl2O2/c1-2-6(9)11-7(10)4-3-5-8/h1,6H,5H2. The zero-order chi connectivity index (χ0) is 8.69. The molecule has 0 heterocycles. The third-order valence-electron chi connectivity index (χ3n) is 0.599. The van der Waals surface area contributed by atoms with Gasteiger partial charge in [-0.2, -0.15) is 0 Å². The maximum absolute atomic E-state index is 10.5. The summed E-state index contributed by atoms with van der Waals surface area (Å²) >= 11 is 10.4. The third kappa shape index (κ3) is 5.61. The van der Waals surface area contributed by atoms with Gasteiger partial charge in [-0.1, -0.05) is 17.5 Å². The molecule has 0 spiro atoms. The Balaban J connectivity index is 3.81. The molecule has 4 heteroatoms. The van der Waals surface area contributed by atoms with E-state index < -0.39 is 11.5 Å². The Labute approximate surface area is 74.8 Å². The second-order valence-electron chi connectivity index (χ2n) is 1.32. The number of terminal acetylenes is 1. The number of rotatable bonds is 1. The van der Waals surface area contributed by atoms with Crippen molar-refractivity contribution in [1.82, 2.24) is 0 Å². The second kappa shape index (κ2) is 5.92. The maximum Gasteiger partial charge on any atom is 0.386 e. The number of carbonyl (C=O) groups is 1. The molecule has 0 N–H and O–H groups in total. The molecule has 0 aromatic carbocycles. The molecule has 0 aliphatic carbocycles. The lowest BCUT2D eigenvalue weighted by Crippen LogP contribution is -2.08. The van der Waals surface area contributed by atoms with Crippen LogP contribution in [0.15, 0.2) is 0 Å². The van der Waals surface area contributed by atoms with Crippen LogP contribution in [0, 0.1) is 24.2 Å². The summed E-state index contributed by atoms with van der Waals surface area (Å²) in [5.41, 5.74) is -1.06. The van der Waals surface area contributed by atoms with Gasteiger partial charge in [-0.15, -0.1) is 18.0 Å². The number of ether oxygens (including phenoxy) is 1. The van der Waals surface area contributed by atoms with Crippen molar-refractivity contribution in [1.29, 1.82) is 0 Å². The number of alkyl halides is 2. The molecule has 0 aromatic rings. The van der Waals surface area contributed by atoms with E-state index in [4.69, 9.17) is 29.6 Å². The van der Waals surface area contributed by atoms with Crippen LogP contribution in [0.25, 0.3) is 0 Å². The van der Waals surface area contributed by atoms with E-state index in [1.165, 1.54) is 0 Å². The highest BCUT2D eigenvalue weighted by Gasteiger charge is 2.03. The molecule has 0 fully saturated rings. The first-order valence-electron chi connectivity index (χ1n) is 2.56. The molecule has 2 nitrogen and oxygen atoms in total. The molecule has 0 aliphatic heterocycles. The summed E-state index contributed by atoms with van der Waals surface area (Å²) < 4.78 is 4.36. The smallest absolute Gasteiger partial charge is 0.386 e. The summed E-state index contributed by atoms with van der Waals surface area (Å²) in [6.45, 7) is 0. The topological polar surface area (TPSA) is 26.3 Å². The Kier molecular flexibility index (Phi) is 5.47. The minimum Gasteiger partial charge on any atom is -0.425 e. The maximum atomic E-state index is 10.5. The molecule has 0 aliphatic rings. The normalized spacial score (nSPS) is 10.3. The van der Waals surface area contributed by atoms with E-state index in [0.717, 1.165) is 0 Å². The molecule has 58 valence electrons. The second-order valence-corrected chi connectivity index (χ2v) is 1.99. The van der Waals surface area contributed by atoms with Gasteiger partial charge in [0.1, 0.15) is 0 Å². The molecule has 0 radical (unpaired) electrons. The summed E-state index contributed by atoms with van der Waals surface area (Å²) in [5, 5.41) is 0. The van der Waals surface area contributed by atoms with Crippen molar-refractivity contribution < 1.29 is 9.53 Å². The first-order chi connectivity index (χ1) is 5.20. The van der Waals surface area contributed by atoms with E-state index in [1.54, 1.807) is 0 Å². The van der Waals surface area contributed by atoms with Crippen LogP contribution < -0.4 is 0 Å². The van der Waals surface area contributed by atoms with E-state index in [-0.39, 0.29) is 5.88 Å². The predicted molar refractivity (Wildman–Crippen MR) is 43.1 cm³/mol. The lowest BCUT2D eigenvalue weighted by molar-refractivity contribution is -0.136. The molecule has 1 unspecified atom stereocenters. The van der Waals surface area contributed by atoms with E-state index in [9.17, 15) is 4.79 Å². The van der Waals surface area contributed by atoms with Gasteiger partial charge in [0.25, 0.3) is 0 Å². The molecular weight excluding hydrogens is 187 g/mol. The Hall–Kier alpha value is -0.830. The van der Waals surface area contributed by atoms with E-state index in [2.05, 4.69) is 16.6 Å². The molecule has 0 saturated carbocycles. The average Bonchev–Trinajstić information content (AvgIpc) is 2.00. The van der Waals surface area contributed by atoms with Crippen LogP contribution in [0.4, 0.5) is 0 Å². The Bertz CT molecular complexity index is 231. The van der Waals surface area contributed by atoms with Crippen LogP contribution >= 0.6 is 23.2 Å². The van der Waals surface area contributed by atoms with Gasteiger partial charge in [0, 0.05) is 5.92 Å². The van der Waals surface area contributed by atoms with Crippen LogP contribution in [-0.4, -0.2) is 17.4 Å². The van der Waals surface area contributed by atoms with Crippen molar-refractivity contribution >= 4 is 29.2 Å². The van der Waals surface area contributed by atoms with E-state index in [1.807, 2.05) is 5.92 Å². The Morgan fingerprint density at radius 2 is 2.36 bits per heavy atom. The van der Waals surface area contributed by atoms with Gasteiger partial charge in [0.15, 0.2) is 0 Å². The quantitative estimate of drug-likeness (QED) is 0.267. The lowest BCUT2D eigenvalue weighted by atomic mass is 10.6. The van der Waals surface area contributed by atoms with Gasteiger partial charge in [-0.05, 0) is 5.92 Å². The highest BCUT2D eigenvalue weighted by atomic mass is 35.5. The Morgan fingerprint density at radius 1 is 1.73 bits per heavy atom. The SMILES string of the molecule is C#CC(Cl)OC(=O)C#CCCl. The third-order valence-corrected chi connectivity index (χ3v) is 0.948. The molecule has 0 bridgehead atoms. The van der Waals surface area contributed by atoms with Crippen molar-refractivity contribution in [3.8, 4) is 24.2 Å². The van der Waals surface area contributed by atoms with Gasteiger partial charge < -0.3 is 4.74 Å². The Morgan fingerprint density at radius 3 is 2.82 bits per heavy atom. The molecule has 0 amide bonds. The van der Waals surface area contributed by atoms with Crippen molar-refractivity contribution in [2.75, 3.05) is 5.88 Å². The molecule has 0 saturated heterocycles. The number of esters is 1. The van der Waals surface area contributed by atoms with E-state index in [0.29, 0.717) is 0 Å². The van der Waals surface area contributed by atoms with Gasteiger partial charge >= 0.3 is 5.97 Å². The first kappa shape index (κ1) is 10.2. The summed E-state index contributed by atoms with van der Waals surface area (Å²) in [6, 6.07) is 0.